The predicted molar refractivity (Wildman–Crippen MR) is 64.2 cm³/mol. The Morgan fingerprint density at radius 3 is 2.93 bits per heavy atom. The first-order valence-electron chi connectivity index (χ1n) is 4.88. The van der Waals surface area contributed by atoms with E-state index in [0.29, 0.717) is 6.10 Å². The van der Waals surface area contributed by atoms with Gasteiger partial charge in [-0.1, -0.05) is 22.9 Å². The summed E-state index contributed by atoms with van der Waals surface area (Å²) in [5.74, 6) is 2.12. The summed E-state index contributed by atoms with van der Waals surface area (Å²) in [5.41, 5.74) is 0. The molecule has 0 radical (unpaired) electrons. The van der Waals surface area contributed by atoms with Crippen LogP contribution < -0.4 is 4.74 Å². The SMILES string of the molecule is CCSc1cc(Br)ccc1OC1CC1. The topological polar surface area (TPSA) is 9.23 Å². The minimum absolute atomic E-state index is 0.479. The van der Waals surface area contributed by atoms with Crippen molar-refractivity contribution in [2.45, 2.75) is 30.8 Å². The molecule has 0 saturated heterocycles. The van der Waals surface area contributed by atoms with Crippen molar-refractivity contribution in [3.63, 3.8) is 0 Å². The van der Waals surface area contributed by atoms with Crippen LogP contribution in [0, 0.1) is 0 Å². The third-order valence-corrected chi connectivity index (χ3v) is 3.44. The number of hydrogen-bond donors (Lipinski definition) is 0. The minimum atomic E-state index is 0.479. The molecule has 0 spiro atoms. The Morgan fingerprint density at radius 1 is 1.50 bits per heavy atom. The van der Waals surface area contributed by atoms with Gasteiger partial charge in [0.2, 0.25) is 0 Å². The zero-order valence-electron chi connectivity index (χ0n) is 8.13. The van der Waals surface area contributed by atoms with Gasteiger partial charge in [0.1, 0.15) is 5.75 Å². The summed E-state index contributed by atoms with van der Waals surface area (Å²) in [6.07, 6.45) is 2.91. The van der Waals surface area contributed by atoms with E-state index in [1.165, 1.54) is 17.7 Å². The Balaban J connectivity index is 2.17. The Morgan fingerprint density at radius 2 is 2.29 bits per heavy atom. The van der Waals surface area contributed by atoms with Gasteiger partial charge in [0, 0.05) is 4.47 Å². The second-order valence-electron chi connectivity index (χ2n) is 3.34. The predicted octanol–water partition coefficient (Wildman–Crippen LogP) is 4.10. The minimum Gasteiger partial charge on any atom is -0.489 e. The van der Waals surface area contributed by atoms with Gasteiger partial charge in [-0.3, -0.25) is 0 Å². The lowest BCUT2D eigenvalue weighted by molar-refractivity contribution is 0.296. The highest BCUT2D eigenvalue weighted by Gasteiger charge is 2.24. The quantitative estimate of drug-likeness (QED) is 0.764. The van der Waals surface area contributed by atoms with Crippen molar-refractivity contribution >= 4 is 27.7 Å². The molecule has 1 aliphatic rings. The van der Waals surface area contributed by atoms with Crippen LogP contribution in [-0.2, 0) is 0 Å². The summed E-state index contributed by atoms with van der Waals surface area (Å²) in [4.78, 5) is 1.24. The molecule has 0 N–H and O–H groups in total. The lowest BCUT2D eigenvalue weighted by Gasteiger charge is -2.09. The van der Waals surface area contributed by atoms with Crippen LogP contribution in [0.5, 0.6) is 5.75 Å². The average Bonchev–Trinajstić information content (AvgIpc) is 2.94. The van der Waals surface area contributed by atoms with Crippen molar-refractivity contribution in [1.29, 1.82) is 0 Å². The van der Waals surface area contributed by atoms with E-state index in [1.54, 1.807) is 0 Å². The fourth-order valence-electron chi connectivity index (χ4n) is 1.21. The molecule has 2 rings (SSSR count). The molecule has 1 saturated carbocycles. The molecular weight excluding hydrogens is 260 g/mol. The summed E-state index contributed by atoms with van der Waals surface area (Å²) >= 11 is 5.31. The molecule has 3 heteroatoms. The number of hydrogen-bond acceptors (Lipinski definition) is 2. The Kier molecular flexibility index (Phi) is 3.39. The average molecular weight is 273 g/mol. The molecule has 1 aromatic carbocycles. The van der Waals surface area contributed by atoms with Crippen LogP contribution in [0.1, 0.15) is 19.8 Å². The lowest BCUT2D eigenvalue weighted by atomic mass is 10.3. The first-order chi connectivity index (χ1) is 6.79. The van der Waals surface area contributed by atoms with Crippen LogP contribution in [-0.4, -0.2) is 11.9 Å². The Hall–Kier alpha value is -0.150. The largest absolute Gasteiger partial charge is 0.489 e. The highest BCUT2D eigenvalue weighted by molar-refractivity contribution is 9.10. The molecule has 0 amide bonds. The molecule has 0 unspecified atom stereocenters. The first kappa shape index (κ1) is 10.4. The molecule has 1 aromatic rings. The van der Waals surface area contributed by atoms with Crippen LogP contribution in [0.15, 0.2) is 27.6 Å². The van der Waals surface area contributed by atoms with Crippen LogP contribution in [0.3, 0.4) is 0 Å². The standard InChI is InChI=1S/C11H13BrOS/c1-2-14-11-7-8(12)3-6-10(11)13-9-4-5-9/h3,6-7,9H,2,4-5H2,1H3. The van der Waals surface area contributed by atoms with Crippen LogP contribution in [0.4, 0.5) is 0 Å². The van der Waals surface area contributed by atoms with Crippen molar-refractivity contribution in [2.24, 2.45) is 0 Å². The van der Waals surface area contributed by atoms with Gasteiger partial charge in [0.25, 0.3) is 0 Å². The number of benzene rings is 1. The van der Waals surface area contributed by atoms with E-state index >= 15 is 0 Å². The van der Waals surface area contributed by atoms with E-state index < -0.39 is 0 Å². The molecule has 76 valence electrons. The zero-order valence-corrected chi connectivity index (χ0v) is 10.5. The maximum atomic E-state index is 5.82. The van der Waals surface area contributed by atoms with E-state index in [9.17, 15) is 0 Å². The van der Waals surface area contributed by atoms with E-state index in [2.05, 4.69) is 35.0 Å². The first-order valence-corrected chi connectivity index (χ1v) is 6.66. The van der Waals surface area contributed by atoms with Crippen LogP contribution >= 0.6 is 27.7 Å². The Labute approximate surface area is 97.4 Å². The van der Waals surface area contributed by atoms with Crippen LogP contribution in [0.2, 0.25) is 0 Å². The third-order valence-electron chi connectivity index (χ3n) is 2.02. The number of halogens is 1. The molecule has 0 atom stereocenters. The van der Waals surface area contributed by atoms with Gasteiger partial charge in [0.05, 0.1) is 11.0 Å². The highest BCUT2D eigenvalue weighted by atomic mass is 79.9. The molecule has 1 aliphatic carbocycles. The van der Waals surface area contributed by atoms with Crippen LogP contribution in [0.25, 0.3) is 0 Å². The van der Waals surface area contributed by atoms with E-state index in [4.69, 9.17) is 4.74 Å². The summed E-state index contributed by atoms with van der Waals surface area (Å²) in [6.45, 7) is 2.16. The van der Waals surface area contributed by atoms with Crippen molar-refractivity contribution in [1.82, 2.24) is 0 Å². The van der Waals surface area contributed by atoms with Crippen molar-refractivity contribution in [2.75, 3.05) is 5.75 Å². The molecule has 0 aliphatic heterocycles. The monoisotopic (exact) mass is 272 g/mol. The van der Waals surface area contributed by atoms with Gasteiger partial charge < -0.3 is 4.74 Å². The highest BCUT2D eigenvalue weighted by Crippen LogP contribution is 2.35. The summed E-state index contributed by atoms with van der Waals surface area (Å²) in [5, 5.41) is 0. The van der Waals surface area contributed by atoms with Crippen molar-refractivity contribution in [3.8, 4) is 5.75 Å². The Bertz CT molecular complexity index is 323. The molecule has 0 aromatic heterocycles. The van der Waals surface area contributed by atoms with Gasteiger partial charge >= 0.3 is 0 Å². The van der Waals surface area contributed by atoms with Gasteiger partial charge in [-0.05, 0) is 36.8 Å². The van der Waals surface area contributed by atoms with Gasteiger partial charge in [-0.25, -0.2) is 0 Å². The molecular formula is C11H13BrOS. The summed E-state index contributed by atoms with van der Waals surface area (Å²) in [6, 6.07) is 6.23. The normalized spacial score (nSPS) is 15.6. The number of ether oxygens (including phenoxy) is 1. The third kappa shape index (κ3) is 2.67. The second kappa shape index (κ2) is 4.58. The molecule has 14 heavy (non-hydrogen) atoms. The van der Waals surface area contributed by atoms with E-state index in [0.717, 1.165) is 16.0 Å². The zero-order chi connectivity index (χ0) is 9.97. The fraction of sp³-hybridized carbons (Fsp3) is 0.455. The summed E-state index contributed by atoms with van der Waals surface area (Å²) < 4.78 is 6.94. The molecule has 1 nitrogen and oxygen atoms in total. The van der Waals surface area contributed by atoms with Gasteiger partial charge in [-0.15, -0.1) is 11.8 Å². The van der Waals surface area contributed by atoms with Gasteiger partial charge in [-0.2, -0.15) is 0 Å². The number of rotatable bonds is 4. The summed E-state index contributed by atoms with van der Waals surface area (Å²) in [7, 11) is 0. The molecule has 0 bridgehead atoms. The fourth-order valence-corrected chi connectivity index (χ4v) is 2.51. The second-order valence-corrected chi connectivity index (χ2v) is 5.56. The van der Waals surface area contributed by atoms with Crippen molar-refractivity contribution in [3.05, 3.63) is 22.7 Å². The van der Waals surface area contributed by atoms with Crippen molar-refractivity contribution < 1.29 is 4.74 Å². The van der Waals surface area contributed by atoms with Gasteiger partial charge in [0.15, 0.2) is 0 Å². The maximum Gasteiger partial charge on any atom is 0.133 e. The molecule has 1 fully saturated rings. The molecule has 0 heterocycles. The van der Waals surface area contributed by atoms with E-state index in [-0.39, 0.29) is 0 Å². The lowest BCUT2D eigenvalue weighted by Crippen LogP contribution is -1.97. The van der Waals surface area contributed by atoms with E-state index in [1.807, 2.05) is 17.8 Å². The number of thioether (sulfide) groups is 1. The smallest absolute Gasteiger partial charge is 0.133 e. The maximum absolute atomic E-state index is 5.82.